The lowest BCUT2D eigenvalue weighted by atomic mass is 9.92. The molecule has 1 aromatic carbocycles. The highest BCUT2D eigenvalue weighted by Crippen LogP contribution is 2.39. The van der Waals surface area contributed by atoms with Gasteiger partial charge in [0.2, 0.25) is 0 Å². The number of halogens is 4. The zero-order valence-electron chi connectivity index (χ0n) is 20.0. The lowest BCUT2D eigenvalue weighted by molar-refractivity contribution is -0.210. The van der Waals surface area contributed by atoms with Crippen molar-refractivity contribution in [1.29, 1.82) is 5.26 Å². The molecule has 1 aliphatic heterocycles. The zero-order valence-corrected chi connectivity index (χ0v) is 21.5. The molecule has 0 saturated carbocycles. The zero-order chi connectivity index (χ0) is 28.0. The van der Waals surface area contributed by atoms with E-state index in [9.17, 15) is 33.8 Å². The van der Waals surface area contributed by atoms with Crippen LogP contribution in [-0.2, 0) is 4.74 Å². The molecule has 202 valence electrons. The average molecular weight is 606 g/mol. The quantitative estimate of drug-likeness (QED) is 0.290. The van der Waals surface area contributed by atoms with Gasteiger partial charge in [-0.3, -0.25) is 4.68 Å². The number of hydrogen-bond acceptors (Lipinski definition) is 9. The van der Waals surface area contributed by atoms with E-state index in [0.717, 1.165) is 16.8 Å². The fourth-order valence-electron chi connectivity index (χ4n) is 4.47. The molecular weight excluding hydrogens is 587 g/mol. The molecular formula is C24H19BrF3N7O4. The molecule has 1 aliphatic rings. The molecule has 5 rings (SSSR count). The smallest absolute Gasteiger partial charge is 0.194 e. The second-order valence-electron chi connectivity index (χ2n) is 8.77. The third-order valence-electron chi connectivity index (χ3n) is 6.28. The number of aryl methyl sites for hydroxylation is 1. The number of aliphatic hydroxyl groups is 3. The molecule has 0 radical (unpaired) electrons. The van der Waals surface area contributed by atoms with Gasteiger partial charge < -0.3 is 20.1 Å². The molecule has 3 N–H and O–H groups in total. The molecule has 11 nitrogen and oxygen atoms in total. The van der Waals surface area contributed by atoms with Crippen molar-refractivity contribution < 1.29 is 33.2 Å². The average Bonchev–Trinajstić information content (AvgIpc) is 3.54. The SMILES string of the molecule is Cc1nc([C@@H]2OC(CO)[C@H](O)[C@H](n3cc(-c4cc(F)c(F)c(F)c4)cn3)C2O)n(-c2cc(Br)cnc2C#N)n1. The van der Waals surface area contributed by atoms with Crippen molar-refractivity contribution in [3.8, 4) is 22.9 Å². The molecule has 1 saturated heterocycles. The maximum Gasteiger partial charge on any atom is 0.194 e. The van der Waals surface area contributed by atoms with E-state index in [1.807, 2.05) is 6.07 Å². The third kappa shape index (κ3) is 4.81. The summed E-state index contributed by atoms with van der Waals surface area (Å²) < 4.78 is 49.8. The van der Waals surface area contributed by atoms with Crippen LogP contribution in [0.5, 0.6) is 0 Å². The van der Waals surface area contributed by atoms with Crippen LogP contribution in [0.1, 0.15) is 29.5 Å². The van der Waals surface area contributed by atoms with E-state index in [-0.39, 0.29) is 34.2 Å². The Hall–Kier alpha value is -3.68. The first-order valence-electron chi connectivity index (χ1n) is 11.4. The van der Waals surface area contributed by atoms with E-state index in [0.29, 0.717) is 4.47 Å². The molecule has 39 heavy (non-hydrogen) atoms. The first-order valence-corrected chi connectivity index (χ1v) is 12.2. The molecule has 15 heteroatoms. The molecule has 5 atom stereocenters. The van der Waals surface area contributed by atoms with Crippen LogP contribution in [0.25, 0.3) is 16.8 Å². The van der Waals surface area contributed by atoms with Crippen molar-refractivity contribution >= 4 is 15.9 Å². The van der Waals surface area contributed by atoms with Crippen LogP contribution in [0.15, 0.2) is 41.3 Å². The molecule has 0 spiro atoms. The Kier molecular flexibility index (Phi) is 7.23. The number of nitriles is 1. The van der Waals surface area contributed by atoms with Crippen molar-refractivity contribution in [1.82, 2.24) is 29.5 Å². The largest absolute Gasteiger partial charge is 0.394 e. The fourth-order valence-corrected chi connectivity index (χ4v) is 4.79. The Morgan fingerprint density at radius 3 is 2.49 bits per heavy atom. The number of benzene rings is 1. The number of nitrogens with zero attached hydrogens (tertiary/aromatic N) is 7. The number of ether oxygens (including phenoxy) is 1. The van der Waals surface area contributed by atoms with Crippen molar-refractivity contribution in [2.75, 3.05) is 6.61 Å². The van der Waals surface area contributed by atoms with Gasteiger partial charge in [-0.05, 0) is 46.6 Å². The molecule has 4 heterocycles. The molecule has 0 amide bonds. The molecule has 1 fully saturated rings. The summed E-state index contributed by atoms with van der Waals surface area (Å²) in [7, 11) is 0. The second-order valence-corrected chi connectivity index (χ2v) is 9.69. The summed E-state index contributed by atoms with van der Waals surface area (Å²) in [4.78, 5) is 8.44. The first-order chi connectivity index (χ1) is 18.6. The summed E-state index contributed by atoms with van der Waals surface area (Å²) in [5.74, 6) is -4.07. The molecule has 3 aromatic heterocycles. The number of rotatable bonds is 5. The van der Waals surface area contributed by atoms with Crippen LogP contribution < -0.4 is 0 Å². The normalized spacial score (nSPS) is 23.1. The van der Waals surface area contributed by atoms with Gasteiger partial charge in [-0.25, -0.2) is 27.8 Å². The van der Waals surface area contributed by atoms with Crippen LogP contribution in [0.3, 0.4) is 0 Å². The monoisotopic (exact) mass is 605 g/mol. The predicted molar refractivity (Wildman–Crippen MR) is 130 cm³/mol. The summed E-state index contributed by atoms with van der Waals surface area (Å²) in [5, 5.41) is 50.3. The Morgan fingerprint density at radius 1 is 1.10 bits per heavy atom. The van der Waals surface area contributed by atoms with Gasteiger partial charge in [0.15, 0.2) is 29.0 Å². The number of hydrogen-bond donors (Lipinski definition) is 3. The van der Waals surface area contributed by atoms with E-state index in [4.69, 9.17) is 4.74 Å². The Labute approximate surface area is 226 Å². The lowest BCUT2D eigenvalue weighted by Gasteiger charge is -2.41. The van der Waals surface area contributed by atoms with Crippen LogP contribution >= 0.6 is 15.9 Å². The van der Waals surface area contributed by atoms with E-state index in [1.165, 1.54) is 23.3 Å². The van der Waals surface area contributed by atoms with Crippen LogP contribution in [0.4, 0.5) is 13.2 Å². The number of aliphatic hydroxyl groups excluding tert-OH is 3. The van der Waals surface area contributed by atoms with E-state index >= 15 is 0 Å². The minimum absolute atomic E-state index is 0.0143. The maximum atomic E-state index is 13.8. The molecule has 2 unspecified atom stereocenters. The van der Waals surface area contributed by atoms with Gasteiger partial charge in [0, 0.05) is 22.4 Å². The highest BCUT2D eigenvalue weighted by Gasteiger charge is 2.48. The fraction of sp³-hybridized carbons (Fsp3) is 0.292. The van der Waals surface area contributed by atoms with Crippen LogP contribution in [-0.4, -0.2) is 69.8 Å². The standard InChI is InChI=1S/C24H19BrF3N7O4/c1-10-32-24(35(33-10)17-4-13(25)7-30-16(17)5-29)23-22(38)20(21(37)18(9-36)39-23)34-8-12(6-31-34)11-2-14(26)19(28)15(27)3-11/h2-4,6-8,18,20-23,36-38H,9H2,1H3/t18?,20-,21-,22?,23+/m0/s1. The van der Waals surface area contributed by atoms with Crippen molar-refractivity contribution in [3.05, 3.63) is 76.1 Å². The Morgan fingerprint density at radius 2 is 1.82 bits per heavy atom. The van der Waals surface area contributed by atoms with Crippen molar-refractivity contribution in [3.63, 3.8) is 0 Å². The summed E-state index contributed by atoms with van der Waals surface area (Å²) in [5.41, 5.74) is 0.405. The van der Waals surface area contributed by atoms with Gasteiger partial charge in [0.1, 0.15) is 48.0 Å². The van der Waals surface area contributed by atoms with Gasteiger partial charge in [-0.1, -0.05) is 0 Å². The molecule has 0 aliphatic carbocycles. The van der Waals surface area contributed by atoms with Gasteiger partial charge >= 0.3 is 0 Å². The van der Waals surface area contributed by atoms with E-state index in [2.05, 4.69) is 36.1 Å². The third-order valence-corrected chi connectivity index (χ3v) is 6.71. The Balaban J connectivity index is 1.57. The molecule has 4 aromatic rings. The van der Waals surface area contributed by atoms with Crippen molar-refractivity contribution in [2.45, 2.75) is 37.4 Å². The van der Waals surface area contributed by atoms with Gasteiger partial charge in [-0.2, -0.15) is 15.5 Å². The summed E-state index contributed by atoms with van der Waals surface area (Å²) in [6.07, 6.45) is -1.54. The minimum atomic E-state index is -1.62. The highest BCUT2D eigenvalue weighted by atomic mass is 79.9. The second kappa shape index (κ2) is 10.5. The van der Waals surface area contributed by atoms with Crippen molar-refractivity contribution in [2.24, 2.45) is 0 Å². The van der Waals surface area contributed by atoms with E-state index in [1.54, 1.807) is 13.0 Å². The van der Waals surface area contributed by atoms with Crippen LogP contribution in [0, 0.1) is 35.7 Å². The first kappa shape index (κ1) is 26.9. The number of pyridine rings is 1. The maximum absolute atomic E-state index is 13.8. The molecule has 0 bridgehead atoms. The summed E-state index contributed by atoms with van der Waals surface area (Å²) in [6, 6.07) is 3.90. The Bertz CT molecular complexity index is 1570. The van der Waals surface area contributed by atoms with E-state index < -0.39 is 54.5 Å². The highest BCUT2D eigenvalue weighted by molar-refractivity contribution is 9.10. The van der Waals surface area contributed by atoms with Gasteiger partial charge in [0.05, 0.1) is 12.8 Å². The summed E-state index contributed by atoms with van der Waals surface area (Å²) in [6.45, 7) is 0.946. The summed E-state index contributed by atoms with van der Waals surface area (Å²) >= 11 is 3.31. The number of aromatic nitrogens is 6. The van der Waals surface area contributed by atoms with Gasteiger partial charge in [0.25, 0.3) is 0 Å². The van der Waals surface area contributed by atoms with Gasteiger partial charge in [-0.15, -0.1) is 0 Å². The lowest BCUT2D eigenvalue weighted by Crippen LogP contribution is -2.53. The predicted octanol–water partition coefficient (Wildman–Crippen LogP) is 2.28. The van der Waals surface area contributed by atoms with Crippen LogP contribution in [0.2, 0.25) is 0 Å². The topological polar surface area (TPSA) is 155 Å². The minimum Gasteiger partial charge on any atom is -0.394 e.